The summed E-state index contributed by atoms with van der Waals surface area (Å²) in [6.07, 6.45) is 4.92. The Kier molecular flexibility index (Phi) is 10.2. The van der Waals surface area contributed by atoms with E-state index in [0.29, 0.717) is 0 Å². The van der Waals surface area contributed by atoms with Gasteiger partial charge in [-0.05, 0) is 143 Å². The average molecular weight is 815 g/mol. The van der Waals surface area contributed by atoms with Gasteiger partial charge >= 0.3 is 0 Å². The maximum Gasteiger partial charge on any atom is 0.0541 e. The van der Waals surface area contributed by atoms with Crippen LogP contribution in [0.1, 0.15) is 25.0 Å². The molecule has 0 saturated carbocycles. The van der Waals surface area contributed by atoms with E-state index in [0.717, 1.165) is 6.42 Å². The highest BCUT2D eigenvalue weighted by molar-refractivity contribution is 7.59. The van der Waals surface area contributed by atoms with E-state index in [-0.39, 0.29) is 13.5 Å². The number of para-hydroxylation sites is 1. The Bertz CT molecular complexity index is 3350. The first-order valence-electron chi connectivity index (χ1n) is 21.3. The normalized spacial score (nSPS) is 11.8. The minimum atomic E-state index is 0. The van der Waals surface area contributed by atoms with Crippen LogP contribution in [0.25, 0.3) is 99.5 Å². The highest BCUT2D eigenvalue weighted by Crippen LogP contribution is 2.43. The van der Waals surface area contributed by atoms with Gasteiger partial charge in [-0.2, -0.15) is 13.5 Å². The molecule has 0 bridgehead atoms. The van der Waals surface area contributed by atoms with Crippen LogP contribution in [0.5, 0.6) is 0 Å². The smallest absolute Gasteiger partial charge is 0.0541 e. The molecule has 9 aromatic carbocycles. The minimum Gasteiger partial charge on any atom is -0.309 e. The van der Waals surface area contributed by atoms with E-state index in [1.54, 1.807) is 0 Å². The summed E-state index contributed by atoms with van der Waals surface area (Å²) in [5.41, 5.74) is 20.0. The van der Waals surface area contributed by atoms with E-state index < -0.39 is 0 Å². The van der Waals surface area contributed by atoms with E-state index in [4.69, 9.17) is 0 Å². The van der Waals surface area contributed by atoms with Gasteiger partial charge in [0.1, 0.15) is 0 Å². The van der Waals surface area contributed by atoms with Gasteiger partial charge in [-0.25, -0.2) is 0 Å². The Morgan fingerprint density at radius 1 is 0.323 bits per heavy atom. The maximum atomic E-state index is 2.46. The third-order valence-corrected chi connectivity index (χ3v) is 12.5. The van der Waals surface area contributed by atoms with Crippen LogP contribution in [0.4, 0.5) is 0 Å². The number of aromatic nitrogens is 2. The third-order valence-electron chi connectivity index (χ3n) is 12.5. The molecule has 0 fully saturated rings. The molecule has 2 nitrogen and oxygen atoms in total. The summed E-state index contributed by atoms with van der Waals surface area (Å²) in [7, 11) is 0. The molecule has 11 aromatic rings. The van der Waals surface area contributed by atoms with Crippen molar-refractivity contribution >= 4 is 57.1 Å². The van der Waals surface area contributed by atoms with E-state index in [2.05, 4.69) is 215 Å². The third kappa shape index (κ3) is 6.63. The predicted octanol–water partition coefficient (Wildman–Crippen LogP) is 16.1. The molecule has 0 unspecified atom stereocenters. The Hall–Kier alpha value is -7.33. The molecule has 2 aromatic heterocycles. The van der Waals surface area contributed by atoms with Crippen LogP contribution in [-0.2, 0) is 6.42 Å². The summed E-state index contributed by atoms with van der Waals surface area (Å²) in [4.78, 5) is 0. The van der Waals surface area contributed by atoms with Crippen LogP contribution in [0.3, 0.4) is 0 Å². The number of fused-ring (bicyclic) bond motifs is 9. The van der Waals surface area contributed by atoms with Crippen molar-refractivity contribution in [3.63, 3.8) is 0 Å². The van der Waals surface area contributed by atoms with Gasteiger partial charge in [0.15, 0.2) is 0 Å². The van der Waals surface area contributed by atoms with Crippen molar-refractivity contribution in [2.75, 3.05) is 0 Å². The first-order valence-corrected chi connectivity index (χ1v) is 21.3. The summed E-state index contributed by atoms with van der Waals surface area (Å²) in [6, 6.07) is 75.9. The van der Waals surface area contributed by atoms with Gasteiger partial charge < -0.3 is 9.13 Å². The Balaban J connectivity index is 0.000000881. The second-order valence-electron chi connectivity index (χ2n) is 16.0. The number of hydrogen-bond acceptors (Lipinski definition) is 0. The molecule has 12 rings (SSSR count). The minimum absolute atomic E-state index is 0. The second-order valence-corrected chi connectivity index (χ2v) is 16.0. The van der Waals surface area contributed by atoms with Crippen molar-refractivity contribution in [3.8, 4) is 55.9 Å². The second kappa shape index (κ2) is 16.3. The largest absolute Gasteiger partial charge is 0.309 e. The molecule has 62 heavy (non-hydrogen) atoms. The van der Waals surface area contributed by atoms with Gasteiger partial charge in [-0.3, -0.25) is 0 Å². The van der Waals surface area contributed by atoms with Crippen LogP contribution in [-0.4, -0.2) is 9.13 Å². The van der Waals surface area contributed by atoms with Crippen molar-refractivity contribution in [2.45, 2.75) is 20.3 Å². The van der Waals surface area contributed by atoms with Crippen LogP contribution >= 0.6 is 13.5 Å². The molecule has 0 saturated heterocycles. The quantitative estimate of drug-likeness (QED) is 0.153. The highest BCUT2D eigenvalue weighted by atomic mass is 32.1. The van der Waals surface area contributed by atoms with Crippen LogP contribution in [0.2, 0.25) is 0 Å². The maximum absolute atomic E-state index is 2.46. The fraction of sp³-hybridized carbons (Fsp3) is 0.0508. The summed E-state index contributed by atoms with van der Waals surface area (Å²) in [6.45, 7) is 4.00. The zero-order valence-electron chi connectivity index (χ0n) is 34.9. The topological polar surface area (TPSA) is 9.86 Å². The van der Waals surface area contributed by atoms with Crippen molar-refractivity contribution in [1.29, 1.82) is 0 Å². The number of nitrogens with zero attached hydrogens (tertiary/aromatic N) is 2. The SMILES string of the molecule is C/C=C\C.S.c1ccc(-c2ccc3c(c2)c2ccccc2n3-c2ccc3c(c2)Cc2ccc(-n4c5ccc(-c6ccccc6)cc5c5cc(-c6ccccc6)ccc54)cc2-3)cc1. The molecule has 1 aliphatic carbocycles. The number of allylic oxidation sites excluding steroid dienone is 2. The number of hydrogen-bond donors (Lipinski definition) is 0. The Morgan fingerprint density at radius 2 is 0.742 bits per heavy atom. The fourth-order valence-corrected chi connectivity index (χ4v) is 9.42. The lowest BCUT2D eigenvalue weighted by Crippen LogP contribution is -1.95. The first-order chi connectivity index (χ1) is 30.2. The van der Waals surface area contributed by atoms with E-state index >= 15 is 0 Å². The van der Waals surface area contributed by atoms with Crippen molar-refractivity contribution in [1.82, 2.24) is 9.13 Å². The van der Waals surface area contributed by atoms with Gasteiger partial charge in [-0.1, -0.05) is 152 Å². The Labute approximate surface area is 370 Å². The molecular formula is C59H46N2S. The van der Waals surface area contributed by atoms with E-state index in [1.807, 2.05) is 26.0 Å². The zero-order chi connectivity index (χ0) is 40.9. The van der Waals surface area contributed by atoms with Gasteiger partial charge in [0.2, 0.25) is 0 Å². The van der Waals surface area contributed by atoms with Gasteiger partial charge in [0, 0.05) is 32.9 Å². The molecule has 298 valence electrons. The van der Waals surface area contributed by atoms with E-state index in [9.17, 15) is 0 Å². The molecule has 0 N–H and O–H groups in total. The van der Waals surface area contributed by atoms with E-state index in [1.165, 1.54) is 111 Å². The lowest BCUT2D eigenvalue weighted by atomic mass is 10.0. The summed E-state index contributed by atoms with van der Waals surface area (Å²) >= 11 is 0. The molecule has 0 radical (unpaired) electrons. The molecular weight excluding hydrogens is 769 g/mol. The van der Waals surface area contributed by atoms with Crippen molar-refractivity contribution in [3.05, 3.63) is 230 Å². The monoisotopic (exact) mass is 814 g/mol. The van der Waals surface area contributed by atoms with Crippen LogP contribution in [0, 0.1) is 0 Å². The molecule has 1 aliphatic rings. The molecule has 2 heterocycles. The predicted molar refractivity (Wildman–Crippen MR) is 271 cm³/mol. The fourth-order valence-electron chi connectivity index (χ4n) is 9.42. The zero-order valence-corrected chi connectivity index (χ0v) is 35.9. The lowest BCUT2D eigenvalue weighted by Gasteiger charge is -2.12. The van der Waals surface area contributed by atoms with Crippen LogP contribution in [0.15, 0.2) is 218 Å². The molecule has 0 spiro atoms. The lowest BCUT2D eigenvalue weighted by molar-refractivity contribution is 1.16. The Morgan fingerprint density at radius 3 is 1.24 bits per heavy atom. The summed E-state index contributed by atoms with van der Waals surface area (Å²) < 4.78 is 4.91. The number of rotatable bonds is 5. The molecule has 0 amide bonds. The van der Waals surface area contributed by atoms with Gasteiger partial charge in [0.05, 0.1) is 22.1 Å². The standard InChI is InChI=1S/C55H36N2.C4H8.H2S/c1-4-12-36(13-5-1)39-21-27-53-49(32-39)47-18-10-11-19-52(47)56(53)44-25-26-46-43(31-44)30-42-20-24-45(35-48(42)46)57-54-28-22-40(37-14-6-2-7-15-37)33-50(54)51-34-41(23-29-55(51)57)38-16-8-3-9-17-38;1-3-4-2;/h1-29,31-35H,30H2;3-4H,1-2H3;1H2/b;4-3-;. The van der Waals surface area contributed by atoms with Gasteiger partial charge in [0.25, 0.3) is 0 Å². The summed E-state index contributed by atoms with van der Waals surface area (Å²) in [5, 5.41) is 5.07. The number of benzene rings is 9. The van der Waals surface area contributed by atoms with Gasteiger partial charge in [-0.15, -0.1) is 0 Å². The highest BCUT2D eigenvalue weighted by Gasteiger charge is 2.23. The molecule has 3 heteroatoms. The first kappa shape index (κ1) is 38.8. The summed E-state index contributed by atoms with van der Waals surface area (Å²) in [5.74, 6) is 0. The molecule has 0 atom stereocenters. The van der Waals surface area contributed by atoms with Crippen molar-refractivity contribution in [2.24, 2.45) is 0 Å². The van der Waals surface area contributed by atoms with Crippen LogP contribution < -0.4 is 0 Å². The average Bonchev–Trinajstić information content (AvgIpc) is 3.98. The molecule has 0 aliphatic heterocycles. The van der Waals surface area contributed by atoms with Crippen molar-refractivity contribution < 1.29 is 0 Å².